The highest BCUT2D eigenvalue weighted by Crippen LogP contribution is 2.20. The summed E-state index contributed by atoms with van der Waals surface area (Å²) >= 11 is 4.91. The predicted molar refractivity (Wildman–Crippen MR) is 85.6 cm³/mol. The van der Waals surface area contributed by atoms with Crippen LogP contribution in [0.15, 0.2) is 42.6 Å². The van der Waals surface area contributed by atoms with E-state index in [1.807, 2.05) is 36.4 Å². The van der Waals surface area contributed by atoms with Gasteiger partial charge < -0.3 is 15.8 Å². The number of pyridine rings is 1. The molecule has 1 aromatic carbocycles. The average Bonchev–Trinajstić information content (AvgIpc) is 2.47. The van der Waals surface area contributed by atoms with Crippen LogP contribution in [-0.2, 0) is 0 Å². The summed E-state index contributed by atoms with van der Waals surface area (Å²) in [6.07, 6.45) is 2.67. The van der Waals surface area contributed by atoms with E-state index in [-0.39, 0.29) is 4.99 Å². The highest BCUT2D eigenvalue weighted by atomic mass is 32.1. The number of benzene rings is 1. The topological polar surface area (TPSA) is 60.2 Å². The minimum atomic E-state index is 0.289. The van der Waals surface area contributed by atoms with Crippen LogP contribution in [0.1, 0.15) is 19.0 Å². The summed E-state index contributed by atoms with van der Waals surface area (Å²) in [6, 6.07) is 11.5. The standard InChI is InChI=1S/C15H17N3OS/c1-2-9-19-13-5-3-11(4-6-13)18-12-7-8-17-14(10-12)15(16)20/h3-8,10H,2,9H2,1H3,(H2,16,20)(H,17,18). The molecule has 0 saturated heterocycles. The lowest BCUT2D eigenvalue weighted by atomic mass is 10.2. The SMILES string of the molecule is CCCOc1ccc(Nc2ccnc(C(N)=S)c2)cc1. The molecule has 4 nitrogen and oxygen atoms in total. The first kappa shape index (κ1) is 14.3. The molecule has 3 N–H and O–H groups in total. The molecule has 0 saturated carbocycles. The molecule has 0 unspecified atom stereocenters. The lowest BCUT2D eigenvalue weighted by Gasteiger charge is -2.09. The largest absolute Gasteiger partial charge is 0.494 e. The fourth-order valence-electron chi connectivity index (χ4n) is 1.66. The maximum Gasteiger partial charge on any atom is 0.122 e. The van der Waals surface area contributed by atoms with Crippen molar-refractivity contribution < 1.29 is 4.74 Å². The Bertz CT molecular complexity index is 584. The van der Waals surface area contributed by atoms with Crippen LogP contribution in [0, 0.1) is 0 Å². The van der Waals surface area contributed by atoms with E-state index in [0.717, 1.165) is 30.2 Å². The normalized spacial score (nSPS) is 10.1. The summed E-state index contributed by atoms with van der Waals surface area (Å²) in [5, 5.41) is 3.27. The number of thiocarbonyl (C=S) groups is 1. The Hall–Kier alpha value is -2.14. The number of rotatable bonds is 6. The van der Waals surface area contributed by atoms with Crippen LogP contribution in [-0.4, -0.2) is 16.6 Å². The molecule has 104 valence electrons. The first-order valence-corrected chi connectivity index (χ1v) is 6.85. The van der Waals surface area contributed by atoms with Gasteiger partial charge in [-0.1, -0.05) is 19.1 Å². The molecule has 0 aliphatic heterocycles. The minimum Gasteiger partial charge on any atom is -0.494 e. The Morgan fingerprint density at radius 3 is 2.65 bits per heavy atom. The summed E-state index contributed by atoms with van der Waals surface area (Å²) in [4.78, 5) is 4.39. The fraction of sp³-hybridized carbons (Fsp3) is 0.200. The van der Waals surface area contributed by atoms with Crippen LogP contribution in [0.25, 0.3) is 0 Å². The van der Waals surface area contributed by atoms with Gasteiger partial charge in [0.1, 0.15) is 10.7 Å². The van der Waals surface area contributed by atoms with Crippen molar-refractivity contribution in [2.75, 3.05) is 11.9 Å². The van der Waals surface area contributed by atoms with Crippen molar-refractivity contribution in [3.05, 3.63) is 48.3 Å². The number of nitrogens with zero attached hydrogens (tertiary/aromatic N) is 1. The average molecular weight is 287 g/mol. The quantitative estimate of drug-likeness (QED) is 0.799. The van der Waals surface area contributed by atoms with Gasteiger partial charge in [-0.25, -0.2) is 0 Å². The van der Waals surface area contributed by atoms with Gasteiger partial charge >= 0.3 is 0 Å². The molecule has 0 atom stereocenters. The smallest absolute Gasteiger partial charge is 0.122 e. The van der Waals surface area contributed by atoms with Crippen molar-refractivity contribution in [3.63, 3.8) is 0 Å². The molecule has 0 bridgehead atoms. The second-order valence-electron chi connectivity index (χ2n) is 4.29. The molecule has 0 aliphatic rings. The van der Waals surface area contributed by atoms with Gasteiger partial charge in [0.15, 0.2) is 0 Å². The van der Waals surface area contributed by atoms with E-state index in [4.69, 9.17) is 22.7 Å². The van der Waals surface area contributed by atoms with Crippen LogP contribution in [0.2, 0.25) is 0 Å². The summed E-state index contributed by atoms with van der Waals surface area (Å²) < 4.78 is 5.54. The summed E-state index contributed by atoms with van der Waals surface area (Å²) in [5.74, 6) is 0.871. The van der Waals surface area contributed by atoms with Crippen LogP contribution >= 0.6 is 12.2 Å². The first-order chi connectivity index (χ1) is 9.69. The van der Waals surface area contributed by atoms with Crippen LogP contribution in [0.5, 0.6) is 5.75 Å². The molecule has 1 heterocycles. The highest BCUT2D eigenvalue weighted by Gasteiger charge is 2.01. The molecule has 20 heavy (non-hydrogen) atoms. The summed E-state index contributed by atoms with van der Waals surface area (Å²) in [6.45, 7) is 2.81. The van der Waals surface area contributed by atoms with E-state index in [2.05, 4.69) is 17.2 Å². The molecule has 1 aromatic heterocycles. The zero-order chi connectivity index (χ0) is 14.4. The Labute approximate surface area is 124 Å². The molecule has 2 aromatic rings. The lowest BCUT2D eigenvalue weighted by molar-refractivity contribution is 0.317. The fourth-order valence-corrected chi connectivity index (χ4v) is 1.78. The second kappa shape index (κ2) is 6.86. The Morgan fingerprint density at radius 2 is 2.00 bits per heavy atom. The van der Waals surface area contributed by atoms with Gasteiger partial charge in [0, 0.05) is 17.6 Å². The molecule has 5 heteroatoms. The van der Waals surface area contributed by atoms with Crippen LogP contribution < -0.4 is 15.8 Å². The van der Waals surface area contributed by atoms with Crippen LogP contribution in [0.3, 0.4) is 0 Å². The monoisotopic (exact) mass is 287 g/mol. The van der Waals surface area contributed by atoms with Crippen molar-refractivity contribution in [1.29, 1.82) is 0 Å². The zero-order valence-corrected chi connectivity index (χ0v) is 12.1. The van der Waals surface area contributed by atoms with Crippen LogP contribution in [0.4, 0.5) is 11.4 Å². The second-order valence-corrected chi connectivity index (χ2v) is 4.73. The van der Waals surface area contributed by atoms with Gasteiger partial charge in [-0.2, -0.15) is 0 Å². The Balaban J connectivity index is 2.06. The van der Waals surface area contributed by atoms with Gasteiger partial charge in [0.2, 0.25) is 0 Å². The van der Waals surface area contributed by atoms with E-state index >= 15 is 0 Å². The third kappa shape index (κ3) is 3.93. The molecular formula is C15H17N3OS. The Morgan fingerprint density at radius 1 is 1.25 bits per heavy atom. The number of anilines is 2. The third-order valence-electron chi connectivity index (χ3n) is 2.63. The first-order valence-electron chi connectivity index (χ1n) is 6.45. The highest BCUT2D eigenvalue weighted by molar-refractivity contribution is 7.80. The molecule has 0 aliphatic carbocycles. The van der Waals surface area contributed by atoms with Crippen molar-refractivity contribution in [1.82, 2.24) is 4.98 Å². The number of hydrogen-bond donors (Lipinski definition) is 2. The van der Waals surface area contributed by atoms with E-state index in [1.54, 1.807) is 6.20 Å². The predicted octanol–water partition coefficient (Wildman–Crippen LogP) is 3.25. The number of aromatic nitrogens is 1. The van der Waals surface area contributed by atoms with Gasteiger partial charge in [-0.15, -0.1) is 0 Å². The van der Waals surface area contributed by atoms with E-state index in [0.29, 0.717) is 5.69 Å². The summed E-state index contributed by atoms with van der Waals surface area (Å²) in [5.41, 5.74) is 8.03. The van der Waals surface area contributed by atoms with E-state index in [9.17, 15) is 0 Å². The Kier molecular flexibility index (Phi) is 4.90. The van der Waals surface area contributed by atoms with E-state index < -0.39 is 0 Å². The van der Waals surface area contributed by atoms with Crippen molar-refractivity contribution in [2.24, 2.45) is 5.73 Å². The molecule has 0 spiro atoms. The van der Waals surface area contributed by atoms with E-state index in [1.165, 1.54) is 0 Å². The van der Waals surface area contributed by atoms with Gasteiger partial charge in [0.05, 0.1) is 12.3 Å². The number of nitrogens with one attached hydrogen (secondary N) is 1. The number of ether oxygens (including phenoxy) is 1. The maximum atomic E-state index is 5.57. The molecule has 0 radical (unpaired) electrons. The summed E-state index contributed by atoms with van der Waals surface area (Å²) in [7, 11) is 0. The lowest BCUT2D eigenvalue weighted by Crippen LogP contribution is -2.11. The zero-order valence-electron chi connectivity index (χ0n) is 11.3. The minimum absolute atomic E-state index is 0.289. The molecular weight excluding hydrogens is 270 g/mol. The van der Waals surface area contributed by atoms with Crippen molar-refractivity contribution in [2.45, 2.75) is 13.3 Å². The van der Waals surface area contributed by atoms with Crippen molar-refractivity contribution >= 4 is 28.6 Å². The number of hydrogen-bond acceptors (Lipinski definition) is 4. The maximum absolute atomic E-state index is 5.57. The van der Waals surface area contributed by atoms with Crippen molar-refractivity contribution in [3.8, 4) is 5.75 Å². The van der Waals surface area contributed by atoms with Gasteiger partial charge in [-0.3, -0.25) is 4.98 Å². The number of nitrogens with two attached hydrogens (primary N) is 1. The van der Waals surface area contributed by atoms with Gasteiger partial charge in [0.25, 0.3) is 0 Å². The molecule has 2 rings (SSSR count). The molecule has 0 amide bonds. The van der Waals surface area contributed by atoms with Gasteiger partial charge in [-0.05, 0) is 42.8 Å². The molecule has 0 fully saturated rings. The third-order valence-corrected chi connectivity index (χ3v) is 2.84.